The fraction of sp³-hybridized carbons (Fsp3) is 0.368. The van der Waals surface area contributed by atoms with Crippen LogP contribution in [0.1, 0.15) is 37.2 Å². The van der Waals surface area contributed by atoms with E-state index >= 15 is 0 Å². The molecule has 1 fully saturated rings. The van der Waals surface area contributed by atoms with Crippen molar-refractivity contribution in [1.82, 2.24) is 4.98 Å². The Hall–Kier alpha value is -2.56. The Labute approximate surface area is 143 Å². The summed E-state index contributed by atoms with van der Waals surface area (Å²) < 4.78 is 0. The van der Waals surface area contributed by atoms with E-state index in [0.717, 1.165) is 30.2 Å². The van der Waals surface area contributed by atoms with Gasteiger partial charge in [-0.05, 0) is 63.1 Å². The largest absolute Gasteiger partial charge is 0.382 e. The first-order valence-corrected chi connectivity index (χ1v) is 8.58. The van der Waals surface area contributed by atoms with Gasteiger partial charge in [-0.25, -0.2) is 0 Å². The average molecular weight is 324 g/mol. The Morgan fingerprint density at radius 3 is 2.46 bits per heavy atom. The van der Waals surface area contributed by atoms with Crippen molar-refractivity contribution in [3.05, 3.63) is 48.3 Å². The van der Waals surface area contributed by atoms with Gasteiger partial charge in [0, 0.05) is 42.4 Å². The van der Waals surface area contributed by atoms with Gasteiger partial charge in [0.2, 0.25) is 0 Å². The van der Waals surface area contributed by atoms with Gasteiger partial charge in [0.05, 0.1) is 0 Å². The summed E-state index contributed by atoms with van der Waals surface area (Å²) in [7, 11) is 0. The molecular formula is C19H24N4O. The summed E-state index contributed by atoms with van der Waals surface area (Å²) in [6.07, 6.45) is 4.06. The lowest BCUT2D eigenvalue weighted by molar-refractivity contribution is 0.102. The van der Waals surface area contributed by atoms with Crippen LogP contribution in [0.4, 0.5) is 17.1 Å². The van der Waals surface area contributed by atoms with Crippen molar-refractivity contribution in [3.63, 3.8) is 0 Å². The van der Waals surface area contributed by atoms with E-state index in [0.29, 0.717) is 11.7 Å². The van der Waals surface area contributed by atoms with E-state index in [-0.39, 0.29) is 5.91 Å². The quantitative estimate of drug-likeness (QED) is 0.814. The minimum atomic E-state index is -0.190. The maximum atomic E-state index is 12.4. The first-order valence-electron chi connectivity index (χ1n) is 8.58. The third kappa shape index (κ3) is 4.04. The van der Waals surface area contributed by atoms with Crippen molar-refractivity contribution in [1.29, 1.82) is 0 Å². The maximum absolute atomic E-state index is 12.4. The third-order valence-electron chi connectivity index (χ3n) is 4.19. The number of hydrogen-bond acceptors (Lipinski definition) is 4. The first kappa shape index (κ1) is 16.3. The molecule has 1 aliphatic rings. The molecule has 5 heteroatoms. The summed E-state index contributed by atoms with van der Waals surface area (Å²) in [6, 6.07) is 12.2. The van der Waals surface area contributed by atoms with Crippen LogP contribution in [0.2, 0.25) is 0 Å². The van der Waals surface area contributed by atoms with Gasteiger partial charge in [-0.15, -0.1) is 0 Å². The number of carbonyl (C=O) groups excluding carboxylic acids is 1. The first-order chi connectivity index (χ1) is 11.7. The van der Waals surface area contributed by atoms with Crippen LogP contribution < -0.4 is 15.5 Å². The highest BCUT2D eigenvalue weighted by atomic mass is 16.1. The zero-order valence-corrected chi connectivity index (χ0v) is 14.2. The second-order valence-corrected chi connectivity index (χ2v) is 6.02. The van der Waals surface area contributed by atoms with Crippen LogP contribution in [0.5, 0.6) is 0 Å². The minimum absolute atomic E-state index is 0.190. The molecule has 126 valence electrons. The van der Waals surface area contributed by atoms with Crippen molar-refractivity contribution in [2.45, 2.75) is 32.7 Å². The number of nitrogens with one attached hydrogen (secondary N) is 2. The number of benzene rings is 1. The van der Waals surface area contributed by atoms with Gasteiger partial charge in [-0.1, -0.05) is 0 Å². The van der Waals surface area contributed by atoms with E-state index in [1.165, 1.54) is 12.8 Å². The summed E-state index contributed by atoms with van der Waals surface area (Å²) >= 11 is 0. The normalized spacial score (nSPS) is 13.4. The Bertz CT molecular complexity index is 691. The van der Waals surface area contributed by atoms with Crippen LogP contribution in [-0.4, -0.2) is 30.0 Å². The molecule has 24 heavy (non-hydrogen) atoms. The van der Waals surface area contributed by atoms with Crippen molar-refractivity contribution in [2.24, 2.45) is 0 Å². The monoisotopic (exact) mass is 324 g/mol. The number of amides is 1. The predicted octanol–water partition coefficient (Wildman–Crippen LogP) is 3.75. The Morgan fingerprint density at radius 1 is 1.12 bits per heavy atom. The van der Waals surface area contributed by atoms with Gasteiger partial charge in [0.25, 0.3) is 5.91 Å². The molecule has 1 aliphatic carbocycles. The highest BCUT2D eigenvalue weighted by Crippen LogP contribution is 2.25. The van der Waals surface area contributed by atoms with E-state index in [9.17, 15) is 4.79 Å². The molecule has 1 amide bonds. The lowest BCUT2D eigenvalue weighted by atomic mass is 10.2. The molecule has 1 aromatic heterocycles. The third-order valence-corrected chi connectivity index (χ3v) is 4.19. The molecule has 3 rings (SSSR count). The number of hydrogen-bond donors (Lipinski definition) is 2. The van der Waals surface area contributed by atoms with Gasteiger partial charge >= 0.3 is 0 Å². The number of nitrogens with zero attached hydrogens (tertiary/aromatic N) is 2. The van der Waals surface area contributed by atoms with Crippen molar-refractivity contribution in [3.8, 4) is 0 Å². The molecule has 2 N–H and O–H groups in total. The number of rotatable bonds is 7. The fourth-order valence-electron chi connectivity index (χ4n) is 2.65. The van der Waals surface area contributed by atoms with E-state index in [2.05, 4.69) is 34.4 Å². The molecule has 0 atom stereocenters. The Morgan fingerprint density at radius 2 is 1.83 bits per heavy atom. The lowest BCUT2D eigenvalue weighted by Gasteiger charge is -2.21. The second-order valence-electron chi connectivity index (χ2n) is 6.02. The lowest BCUT2D eigenvalue weighted by Crippen LogP contribution is -2.21. The van der Waals surface area contributed by atoms with Crippen molar-refractivity contribution >= 4 is 23.0 Å². The molecule has 0 unspecified atom stereocenters. The summed E-state index contributed by atoms with van der Waals surface area (Å²) in [5.41, 5.74) is 3.31. The maximum Gasteiger partial charge on any atom is 0.274 e. The van der Waals surface area contributed by atoms with Crippen LogP contribution >= 0.6 is 0 Å². The SMILES string of the molecule is CCN(CC)c1ccc(NC(=O)c2cc(NC3CC3)ccn2)cc1. The summed E-state index contributed by atoms with van der Waals surface area (Å²) in [6.45, 7) is 6.20. The molecule has 1 aromatic carbocycles. The van der Waals surface area contributed by atoms with E-state index in [1.54, 1.807) is 12.3 Å². The van der Waals surface area contributed by atoms with Gasteiger partial charge in [0.1, 0.15) is 5.69 Å². The smallest absolute Gasteiger partial charge is 0.274 e. The molecule has 0 radical (unpaired) electrons. The minimum Gasteiger partial charge on any atom is -0.382 e. The molecule has 0 aliphatic heterocycles. The van der Waals surface area contributed by atoms with Gasteiger partial charge in [-0.2, -0.15) is 0 Å². The number of pyridine rings is 1. The zero-order chi connectivity index (χ0) is 16.9. The van der Waals surface area contributed by atoms with Crippen LogP contribution in [0.15, 0.2) is 42.6 Å². The molecule has 1 heterocycles. The predicted molar refractivity (Wildman–Crippen MR) is 98.8 cm³/mol. The topological polar surface area (TPSA) is 57.3 Å². The van der Waals surface area contributed by atoms with E-state index in [1.807, 2.05) is 30.3 Å². The van der Waals surface area contributed by atoms with Crippen LogP contribution in [0.25, 0.3) is 0 Å². The van der Waals surface area contributed by atoms with Gasteiger partial charge in [0.15, 0.2) is 0 Å². The summed E-state index contributed by atoms with van der Waals surface area (Å²) in [5, 5.41) is 6.29. The zero-order valence-electron chi connectivity index (χ0n) is 14.2. The van der Waals surface area contributed by atoms with Gasteiger partial charge < -0.3 is 15.5 Å². The van der Waals surface area contributed by atoms with E-state index < -0.39 is 0 Å². The highest BCUT2D eigenvalue weighted by molar-refractivity contribution is 6.03. The number of aromatic nitrogens is 1. The Kier molecular flexibility index (Phi) is 4.99. The summed E-state index contributed by atoms with van der Waals surface area (Å²) in [4.78, 5) is 18.8. The number of carbonyl (C=O) groups is 1. The van der Waals surface area contributed by atoms with Crippen molar-refractivity contribution < 1.29 is 4.79 Å². The molecule has 1 saturated carbocycles. The fourth-order valence-corrected chi connectivity index (χ4v) is 2.65. The second kappa shape index (κ2) is 7.34. The molecule has 0 bridgehead atoms. The molecule has 2 aromatic rings. The van der Waals surface area contributed by atoms with Crippen LogP contribution in [0.3, 0.4) is 0 Å². The van der Waals surface area contributed by atoms with Crippen LogP contribution in [-0.2, 0) is 0 Å². The average Bonchev–Trinajstić information content (AvgIpc) is 3.41. The summed E-state index contributed by atoms with van der Waals surface area (Å²) in [5.74, 6) is -0.190. The molecular weight excluding hydrogens is 300 g/mol. The van der Waals surface area contributed by atoms with Crippen LogP contribution in [0, 0.1) is 0 Å². The Balaban J connectivity index is 1.65. The van der Waals surface area contributed by atoms with E-state index in [4.69, 9.17) is 0 Å². The van der Waals surface area contributed by atoms with Gasteiger partial charge in [-0.3, -0.25) is 9.78 Å². The number of anilines is 3. The highest BCUT2D eigenvalue weighted by Gasteiger charge is 2.21. The molecule has 0 spiro atoms. The van der Waals surface area contributed by atoms with Crippen molar-refractivity contribution in [2.75, 3.05) is 28.6 Å². The molecule has 5 nitrogen and oxygen atoms in total. The molecule has 0 saturated heterocycles. The standard InChI is InChI=1S/C19H24N4O/c1-3-23(4-2)17-9-7-15(8-10-17)22-19(24)18-13-16(11-12-20-18)21-14-5-6-14/h7-14H,3-6H2,1-2H3,(H,20,21)(H,22,24).